The fraction of sp³-hybridized carbons (Fsp3) is 0. The molecule has 12 aromatic rings. The highest BCUT2D eigenvalue weighted by Gasteiger charge is 2.23. The number of nitrogens with zero attached hydrogens (tertiary/aromatic N) is 2. The van der Waals surface area contributed by atoms with E-state index in [1.165, 1.54) is 16.3 Å². The quantitative estimate of drug-likeness (QED) is 0.170. The highest BCUT2D eigenvalue weighted by molar-refractivity contribution is 6.14. The van der Waals surface area contributed by atoms with Crippen LogP contribution in [0.15, 0.2) is 215 Å². The molecule has 0 amide bonds. The van der Waals surface area contributed by atoms with Gasteiger partial charge in [0.1, 0.15) is 16.7 Å². The Hall–Kier alpha value is -7.82. The third-order valence-corrected chi connectivity index (χ3v) is 11.6. The summed E-state index contributed by atoms with van der Waals surface area (Å²) in [5, 5.41) is 6.81. The number of hydrogen-bond acceptors (Lipinski definition) is 3. The number of aromatic nitrogens is 1. The van der Waals surface area contributed by atoms with Crippen LogP contribution in [0.5, 0.6) is 0 Å². The first kappa shape index (κ1) is 32.4. The Bertz CT molecular complexity index is 3520. The van der Waals surface area contributed by atoms with Crippen LogP contribution in [0.25, 0.3) is 93.6 Å². The molecule has 4 heteroatoms. The number of rotatable bonds is 6. The molecule has 0 aliphatic carbocycles. The van der Waals surface area contributed by atoms with Gasteiger partial charge in [0.2, 0.25) is 0 Å². The molecule has 0 saturated carbocycles. The second-order valence-corrected chi connectivity index (χ2v) is 14.9. The first-order valence-electron chi connectivity index (χ1n) is 19.7. The van der Waals surface area contributed by atoms with E-state index in [9.17, 15) is 0 Å². The molecule has 0 atom stereocenters. The lowest BCUT2D eigenvalue weighted by Gasteiger charge is -2.27. The van der Waals surface area contributed by atoms with Gasteiger partial charge in [-0.25, -0.2) is 0 Å². The van der Waals surface area contributed by atoms with Crippen LogP contribution in [0, 0.1) is 0 Å². The largest absolute Gasteiger partial charge is 0.455 e. The summed E-state index contributed by atoms with van der Waals surface area (Å²) in [6, 6.07) is 73.2. The maximum Gasteiger partial charge on any atom is 0.159 e. The summed E-state index contributed by atoms with van der Waals surface area (Å²) in [6.07, 6.45) is 0. The summed E-state index contributed by atoms with van der Waals surface area (Å²) < 4.78 is 15.7. The molecule has 272 valence electrons. The number of anilines is 3. The number of hydrogen-bond donors (Lipinski definition) is 0. The van der Waals surface area contributed by atoms with Gasteiger partial charge in [-0.15, -0.1) is 0 Å². The molecule has 3 heterocycles. The molecule has 4 nitrogen and oxygen atoms in total. The highest BCUT2D eigenvalue weighted by atomic mass is 16.3. The van der Waals surface area contributed by atoms with Gasteiger partial charge >= 0.3 is 0 Å². The Morgan fingerprint density at radius 2 is 0.914 bits per heavy atom. The van der Waals surface area contributed by atoms with Crippen LogP contribution >= 0.6 is 0 Å². The Morgan fingerprint density at radius 3 is 1.69 bits per heavy atom. The second-order valence-electron chi connectivity index (χ2n) is 14.9. The topological polar surface area (TPSA) is 34.5 Å². The van der Waals surface area contributed by atoms with Gasteiger partial charge in [-0.3, -0.25) is 0 Å². The van der Waals surface area contributed by atoms with Crippen LogP contribution in [-0.4, -0.2) is 4.57 Å². The molecule has 0 spiro atoms. The fourth-order valence-electron chi connectivity index (χ4n) is 9.01. The fourth-order valence-corrected chi connectivity index (χ4v) is 9.01. The molecule has 0 fully saturated rings. The van der Waals surface area contributed by atoms with Crippen LogP contribution in [0.3, 0.4) is 0 Å². The van der Waals surface area contributed by atoms with E-state index in [0.29, 0.717) is 0 Å². The van der Waals surface area contributed by atoms with Gasteiger partial charge in [0.25, 0.3) is 0 Å². The summed E-state index contributed by atoms with van der Waals surface area (Å²) in [5.41, 5.74) is 14.3. The van der Waals surface area contributed by atoms with Gasteiger partial charge in [0, 0.05) is 54.9 Å². The molecule has 0 bridgehead atoms. The first-order chi connectivity index (χ1) is 28.8. The monoisotopic (exact) mass is 742 g/mol. The van der Waals surface area contributed by atoms with Gasteiger partial charge in [-0.2, -0.15) is 0 Å². The van der Waals surface area contributed by atoms with Crippen molar-refractivity contribution in [1.29, 1.82) is 0 Å². The van der Waals surface area contributed by atoms with Crippen molar-refractivity contribution in [2.75, 3.05) is 4.90 Å². The molecule has 0 unspecified atom stereocenters. The minimum Gasteiger partial charge on any atom is -0.455 e. The van der Waals surface area contributed by atoms with Crippen molar-refractivity contribution in [3.05, 3.63) is 206 Å². The SMILES string of the molecule is c1ccc(-c2cc(N(c3ccc4c5ccccc5n(-c5ccccc5)c4c3)c3cccc4c3oc3ccccc34)ccc2-c2cccc3c2oc2ccccc23)cc1. The second kappa shape index (κ2) is 12.9. The zero-order chi connectivity index (χ0) is 38.2. The van der Waals surface area contributed by atoms with E-state index < -0.39 is 0 Å². The maximum atomic E-state index is 6.76. The zero-order valence-electron chi connectivity index (χ0n) is 31.3. The minimum atomic E-state index is 0.838. The smallest absolute Gasteiger partial charge is 0.159 e. The van der Waals surface area contributed by atoms with E-state index in [-0.39, 0.29) is 0 Å². The van der Waals surface area contributed by atoms with Crippen molar-refractivity contribution in [2.24, 2.45) is 0 Å². The summed E-state index contributed by atoms with van der Waals surface area (Å²) in [7, 11) is 0. The van der Waals surface area contributed by atoms with Gasteiger partial charge in [-0.1, -0.05) is 146 Å². The van der Waals surface area contributed by atoms with Crippen LogP contribution < -0.4 is 4.90 Å². The van der Waals surface area contributed by atoms with Crippen LogP contribution in [0.4, 0.5) is 17.1 Å². The van der Waals surface area contributed by atoms with Crippen LogP contribution in [0.1, 0.15) is 0 Å². The summed E-state index contributed by atoms with van der Waals surface area (Å²) in [6.45, 7) is 0. The number of furan rings is 2. The maximum absolute atomic E-state index is 6.76. The standard InChI is InChI=1S/C54H34N2O2/c1-3-15-35(16-4-1)47-33-37(29-31-39(47)44-22-13-23-45-42-20-8-11-27-51(42)57-53(44)45)55(49-26-14-24-46-43-21-9-12-28-52(43)58-54(46)49)38-30-32-41-40-19-7-10-25-48(40)56(50(41)34-38)36-17-5-2-6-18-36/h1-34H. The number of fused-ring (bicyclic) bond motifs is 9. The normalized spacial score (nSPS) is 11.8. The van der Waals surface area contributed by atoms with Gasteiger partial charge < -0.3 is 18.3 Å². The zero-order valence-corrected chi connectivity index (χ0v) is 31.3. The molecule has 0 aliphatic heterocycles. The van der Waals surface area contributed by atoms with E-state index >= 15 is 0 Å². The average Bonchev–Trinajstić information content (AvgIpc) is 3.97. The lowest BCUT2D eigenvalue weighted by Crippen LogP contribution is -2.11. The lowest BCUT2D eigenvalue weighted by atomic mass is 9.92. The minimum absolute atomic E-state index is 0.838. The van der Waals surface area contributed by atoms with Crippen molar-refractivity contribution in [2.45, 2.75) is 0 Å². The third-order valence-electron chi connectivity index (χ3n) is 11.6. The Labute approximate surface area is 334 Å². The lowest BCUT2D eigenvalue weighted by molar-refractivity contribution is 0.669. The van der Waals surface area contributed by atoms with Crippen molar-refractivity contribution in [3.63, 3.8) is 0 Å². The van der Waals surface area contributed by atoms with Crippen molar-refractivity contribution < 1.29 is 8.83 Å². The van der Waals surface area contributed by atoms with E-state index in [4.69, 9.17) is 8.83 Å². The van der Waals surface area contributed by atoms with Crippen molar-refractivity contribution >= 4 is 82.7 Å². The highest BCUT2D eigenvalue weighted by Crippen LogP contribution is 2.47. The van der Waals surface area contributed by atoms with Crippen molar-refractivity contribution in [3.8, 4) is 27.9 Å². The molecule has 0 N–H and O–H groups in total. The average molecular weight is 743 g/mol. The molecular formula is C54H34N2O2. The molecule has 9 aromatic carbocycles. The molecule has 0 aliphatic rings. The third kappa shape index (κ3) is 4.95. The van der Waals surface area contributed by atoms with E-state index in [0.717, 1.165) is 94.4 Å². The van der Waals surface area contributed by atoms with Crippen LogP contribution in [0.2, 0.25) is 0 Å². The van der Waals surface area contributed by atoms with Crippen molar-refractivity contribution in [1.82, 2.24) is 4.57 Å². The van der Waals surface area contributed by atoms with Gasteiger partial charge in [0.15, 0.2) is 5.58 Å². The van der Waals surface area contributed by atoms with E-state index in [2.05, 4.69) is 198 Å². The Kier molecular flexibility index (Phi) is 7.20. The Morgan fingerprint density at radius 1 is 0.345 bits per heavy atom. The predicted octanol–water partition coefficient (Wildman–Crippen LogP) is 15.4. The van der Waals surface area contributed by atoms with E-state index in [1.807, 2.05) is 18.2 Å². The number of para-hydroxylation sites is 6. The molecule has 0 saturated heterocycles. The Balaban J connectivity index is 1.15. The summed E-state index contributed by atoms with van der Waals surface area (Å²) in [4.78, 5) is 2.36. The first-order valence-corrected chi connectivity index (χ1v) is 19.7. The van der Waals surface area contributed by atoms with E-state index in [1.54, 1.807) is 0 Å². The van der Waals surface area contributed by atoms with Gasteiger partial charge in [0.05, 0.1) is 16.7 Å². The number of benzene rings is 9. The molecule has 0 radical (unpaired) electrons. The van der Waals surface area contributed by atoms with Crippen LogP contribution in [-0.2, 0) is 0 Å². The molecule has 58 heavy (non-hydrogen) atoms. The van der Waals surface area contributed by atoms with Gasteiger partial charge in [-0.05, 0) is 77.4 Å². The summed E-state index contributed by atoms with van der Waals surface area (Å²) >= 11 is 0. The molecule has 3 aromatic heterocycles. The molecule has 12 rings (SSSR count). The molecular weight excluding hydrogens is 709 g/mol. The summed E-state index contributed by atoms with van der Waals surface area (Å²) in [5.74, 6) is 0. The predicted molar refractivity (Wildman–Crippen MR) is 241 cm³/mol.